The molecule has 0 unspecified atom stereocenters. The third kappa shape index (κ3) is 4.63. The Labute approximate surface area is 195 Å². The maximum absolute atomic E-state index is 14.0. The van der Waals surface area contributed by atoms with Gasteiger partial charge in [-0.3, -0.25) is 9.59 Å². The van der Waals surface area contributed by atoms with Gasteiger partial charge in [0.25, 0.3) is 0 Å². The minimum absolute atomic E-state index is 0.0118. The molecule has 0 bridgehead atoms. The van der Waals surface area contributed by atoms with E-state index in [-0.39, 0.29) is 24.6 Å². The van der Waals surface area contributed by atoms with E-state index in [2.05, 4.69) is 21.2 Å². The van der Waals surface area contributed by atoms with E-state index in [4.69, 9.17) is 4.99 Å². The van der Waals surface area contributed by atoms with Gasteiger partial charge in [-0.1, -0.05) is 0 Å². The van der Waals surface area contributed by atoms with Crippen molar-refractivity contribution in [2.45, 2.75) is 20.3 Å². The van der Waals surface area contributed by atoms with Crippen LogP contribution in [-0.2, 0) is 9.59 Å². The molecule has 1 N–H and O–H groups in total. The fourth-order valence-corrected chi connectivity index (χ4v) is 4.73. The molecule has 4 rings (SSSR count). The first-order chi connectivity index (χ1) is 15.2. The molecule has 164 valence electrons. The highest BCUT2D eigenvalue weighted by molar-refractivity contribution is 9.11. The number of carbonyl (C=O) groups is 2. The number of hydrogen-bond donors (Lipinski definition) is 1. The fraction of sp³-hybridized carbons (Fsp3) is 0.174. The van der Waals surface area contributed by atoms with Crippen molar-refractivity contribution in [3.05, 3.63) is 73.9 Å². The van der Waals surface area contributed by atoms with Crippen LogP contribution >= 0.6 is 27.3 Å². The Balaban J connectivity index is 1.67. The molecule has 2 heterocycles. The fourth-order valence-electron chi connectivity index (χ4n) is 3.36. The maximum atomic E-state index is 14.0. The summed E-state index contributed by atoms with van der Waals surface area (Å²) in [5.41, 5.74) is 3.51. The Hall–Kier alpha value is -2.91. The van der Waals surface area contributed by atoms with E-state index in [1.54, 1.807) is 0 Å². The van der Waals surface area contributed by atoms with Crippen LogP contribution < -0.4 is 10.2 Å². The zero-order chi connectivity index (χ0) is 23.0. The summed E-state index contributed by atoms with van der Waals surface area (Å²) in [4.78, 5) is 32.8. The van der Waals surface area contributed by atoms with Crippen LogP contribution in [0.3, 0.4) is 0 Å². The number of thiophene rings is 1. The third-order valence-corrected chi connectivity index (χ3v) is 6.79. The lowest BCUT2D eigenvalue weighted by Gasteiger charge is -2.23. The van der Waals surface area contributed by atoms with Gasteiger partial charge in [-0.2, -0.15) is 0 Å². The summed E-state index contributed by atoms with van der Waals surface area (Å²) >= 11 is 4.90. The van der Waals surface area contributed by atoms with Crippen LogP contribution in [0, 0.1) is 25.5 Å². The molecule has 0 radical (unpaired) electrons. The normalized spacial score (nSPS) is 13.5. The molecule has 5 nitrogen and oxygen atoms in total. The number of benzene rings is 2. The quantitative estimate of drug-likeness (QED) is 0.468. The summed E-state index contributed by atoms with van der Waals surface area (Å²) in [6.45, 7) is 3.54. The number of anilines is 2. The van der Waals surface area contributed by atoms with Gasteiger partial charge in [0.05, 0.1) is 37.9 Å². The van der Waals surface area contributed by atoms with Crippen molar-refractivity contribution in [3.63, 3.8) is 0 Å². The highest BCUT2D eigenvalue weighted by atomic mass is 79.9. The summed E-state index contributed by atoms with van der Waals surface area (Å²) < 4.78 is 28.0. The van der Waals surface area contributed by atoms with Crippen LogP contribution in [0.1, 0.15) is 22.4 Å². The van der Waals surface area contributed by atoms with E-state index in [0.717, 1.165) is 31.9 Å². The molecule has 2 amide bonds. The van der Waals surface area contributed by atoms with Gasteiger partial charge in [-0.15, -0.1) is 11.3 Å². The number of rotatable bonds is 4. The van der Waals surface area contributed by atoms with Crippen LogP contribution in [-0.4, -0.2) is 24.1 Å². The Kier molecular flexibility index (Phi) is 6.21. The van der Waals surface area contributed by atoms with Crippen molar-refractivity contribution in [1.82, 2.24) is 0 Å². The van der Waals surface area contributed by atoms with Crippen molar-refractivity contribution >= 4 is 61.9 Å². The molecule has 9 heteroatoms. The first kappa shape index (κ1) is 22.3. The summed E-state index contributed by atoms with van der Waals surface area (Å²) in [6.07, 6.45) is 0.0118. The van der Waals surface area contributed by atoms with Crippen LogP contribution in [0.4, 0.5) is 25.8 Å². The number of aryl methyl sites for hydroxylation is 2. The van der Waals surface area contributed by atoms with Crippen LogP contribution in [0.5, 0.6) is 0 Å². The van der Waals surface area contributed by atoms with E-state index in [1.165, 1.54) is 16.2 Å². The van der Waals surface area contributed by atoms with E-state index in [0.29, 0.717) is 23.2 Å². The smallest absolute Gasteiger partial charge is 0.244 e. The van der Waals surface area contributed by atoms with Crippen molar-refractivity contribution in [3.8, 4) is 0 Å². The van der Waals surface area contributed by atoms with E-state index in [9.17, 15) is 18.4 Å². The highest BCUT2D eigenvalue weighted by Crippen LogP contribution is 2.36. The lowest BCUT2D eigenvalue weighted by atomic mass is 10.1. The molecular formula is C23H18BrF2N3O2S. The Morgan fingerprint density at radius 1 is 1.16 bits per heavy atom. The molecule has 0 aliphatic carbocycles. The number of carbonyl (C=O) groups excluding carboxylic acids is 2. The molecule has 0 atom stereocenters. The monoisotopic (exact) mass is 517 g/mol. The predicted molar refractivity (Wildman–Crippen MR) is 126 cm³/mol. The molecule has 0 spiro atoms. The van der Waals surface area contributed by atoms with E-state index < -0.39 is 17.5 Å². The zero-order valence-corrected chi connectivity index (χ0v) is 19.6. The number of aliphatic imine (C=N–C) groups is 1. The first-order valence-corrected chi connectivity index (χ1v) is 11.3. The van der Waals surface area contributed by atoms with Gasteiger partial charge in [0.15, 0.2) is 0 Å². The van der Waals surface area contributed by atoms with Gasteiger partial charge < -0.3 is 10.2 Å². The summed E-state index contributed by atoms with van der Waals surface area (Å²) in [6, 6.07) is 10.4. The molecule has 1 aliphatic heterocycles. The largest absolute Gasteiger partial charge is 0.322 e. The minimum Gasteiger partial charge on any atom is -0.322 e. The number of hydrogen-bond acceptors (Lipinski definition) is 4. The second-order valence-electron chi connectivity index (χ2n) is 7.42. The molecular weight excluding hydrogens is 500 g/mol. The van der Waals surface area contributed by atoms with Gasteiger partial charge in [-0.25, -0.2) is 13.8 Å². The average Bonchev–Trinajstić information content (AvgIpc) is 3.11. The highest BCUT2D eigenvalue weighted by Gasteiger charge is 2.28. The lowest BCUT2D eigenvalue weighted by molar-refractivity contribution is -0.120. The van der Waals surface area contributed by atoms with Gasteiger partial charge in [0.1, 0.15) is 18.2 Å². The molecule has 0 saturated carbocycles. The Bertz CT molecular complexity index is 1270. The van der Waals surface area contributed by atoms with Crippen LogP contribution in [0.15, 0.2) is 51.2 Å². The molecule has 1 aromatic heterocycles. The molecule has 1 aliphatic rings. The van der Waals surface area contributed by atoms with Gasteiger partial charge in [-0.05, 0) is 77.3 Å². The van der Waals surface area contributed by atoms with Crippen molar-refractivity contribution in [2.75, 3.05) is 16.8 Å². The second kappa shape index (κ2) is 8.91. The topological polar surface area (TPSA) is 61.8 Å². The Morgan fingerprint density at radius 2 is 1.91 bits per heavy atom. The van der Waals surface area contributed by atoms with E-state index in [1.807, 2.05) is 38.1 Å². The van der Waals surface area contributed by atoms with Crippen molar-refractivity contribution in [2.24, 2.45) is 4.99 Å². The molecule has 32 heavy (non-hydrogen) atoms. The van der Waals surface area contributed by atoms with Gasteiger partial charge in [0, 0.05) is 6.07 Å². The lowest BCUT2D eigenvalue weighted by Crippen LogP contribution is -2.38. The number of nitrogens with one attached hydrogen (secondary N) is 1. The summed E-state index contributed by atoms with van der Waals surface area (Å²) in [5.74, 6) is -2.53. The number of amides is 2. The molecule has 3 aromatic rings. The van der Waals surface area contributed by atoms with Gasteiger partial charge in [0.2, 0.25) is 11.8 Å². The first-order valence-electron chi connectivity index (χ1n) is 9.71. The Morgan fingerprint density at radius 3 is 2.59 bits per heavy atom. The zero-order valence-electron chi connectivity index (χ0n) is 17.2. The molecule has 0 fully saturated rings. The molecule has 0 saturated heterocycles. The minimum atomic E-state index is -0.888. The van der Waals surface area contributed by atoms with Crippen LogP contribution in [0.2, 0.25) is 0 Å². The predicted octanol–water partition coefficient (Wildman–Crippen LogP) is 5.90. The third-order valence-electron chi connectivity index (χ3n) is 5.12. The van der Waals surface area contributed by atoms with E-state index >= 15 is 0 Å². The standard InChI is InChI=1S/C23H18BrF2N3O2S/c1-12-7-17-19(8-13(12)2)29(11-22(30)28-16-4-3-14(25)9-15(16)26)23(31)10-18(27-17)20-5-6-21(24)32-20/h3-9H,10-11H2,1-2H3,(H,28,30). The second-order valence-corrected chi connectivity index (χ2v) is 9.88. The molecule has 2 aromatic carbocycles. The van der Waals surface area contributed by atoms with Gasteiger partial charge >= 0.3 is 0 Å². The maximum Gasteiger partial charge on any atom is 0.244 e. The average molecular weight is 518 g/mol. The van der Waals surface area contributed by atoms with Crippen molar-refractivity contribution in [1.29, 1.82) is 0 Å². The van der Waals surface area contributed by atoms with Crippen LogP contribution in [0.25, 0.3) is 0 Å². The number of halogens is 3. The number of nitrogens with zero attached hydrogens (tertiary/aromatic N) is 2. The summed E-state index contributed by atoms with van der Waals surface area (Å²) in [7, 11) is 0. The van der Waals surface area contributed by atoms with Crippen molar-refractivity contribution < 1.29 is 18.4 Å². The SMILES string of the molecule is Cc1cc2c(cc1C)N(CC(=O)Nc1ccc(F)cc1F)C(=O)CC(c1ccc(Br)s1)=N2. The summed E-state index contributed by atoms with van der Waals surface area (Å²) in [5, 5.41) is 2.41. The number of fused-ring (bicyclic) bond motifs is 1.